The fraction of sp³-hybridized carbons (Fsp3) is 0.909. The summed E-state index contributed by atoms with van der Waals surface area (Å²) < 4.78 is 5.29. The second-order valence-electron chi connectivity index (χ2n) is 4.11. The predicted octanol–water partition coefficient (Wildman–Crippen LogP) is 1.47. The quantitative estimate of drug-likeness (QED) is 0.607. The van der Waals surface area contributed by atoms with Crippen molar-refractivity contribution in [1.82, 2.24) is 4.90 Å². The standard InChI is InChI=1S/C11H21NO2/c1-10(13)5-3-4-7-12-8-6-11(9-12)14-2/h11H,3-9H2,1-2H3. The molecule has 1 heterocycles. The molecule has 1 fully saturated rings. The van der Waals surface area contributed by atoms with Crippen LogP contribution in [-0.4, -0.2) is 43.5 Å². The number of ether oxygens (including phenoxy) is 1. The van der Waals surface area contributed by atoms with Gasteiger partial charge in [-0.25, -0.2) is 0 Å². The van der Waals surface area contributed by atoms with Crippen molar-refractivity contribution in [3.63, 3.8) is 0 Å². The van der Waals surface area contributed by atoms with Crippen molar-refractivity contribution in [2.75, 3.05) is 26.7 Å². The van der Waals surface area contributed by atoms with E-state index in [0.717, 1.165) is 45.3 Å². The van der Waals surface area contributed by atoms with Crippen molar-refractivity contribution in [2.24, 2.45) is 0 Å². The number of unbranched alkanes of at least 4 members (excludes halogenated alkanes) is 1. The number of ketones is 1. The fourth-order valence-electron chi connectivity index (χ4n) is 1.90. The molecule has 0 spiro atoms. The van der Waals surface area contributed by atoms with Gasteiger partial charge in [0.05, 0.1) is 6.10 Å². The first kappa shape index (κ1) is 11.7. The molecule has 14 heavy (non-hydrogen) atoms. The van der Waals surface area contributed by atoms with Crippen molar-refractivity contribution in [3.8, 4) is 0 Å². The van der Waals surface area contributed by atoms with E-state index in [2.05, 4.69) is 4.90 Å². The summed E-state index contributed by atoms with van der Waals surface area (Å²) in [4.78, 5) is 13.1. The number of carbonyl (C=O) groups is 1. The highest BCUT2D eigenvalue weighted by atomic mass is 16.5. The van der Waals surface area contributed by atoms with Crippen LogP contribution < -0.4 is 0 Å². The van der Waals surface area contributed by atoms with Gasteiger partial charge >= 0.3 is 0 Å². The number of nitrogens with zero attached hydrogens (tertiary/aromatic N) is 1. The molecule has 0 aliphatic carbocycles. The molecule has 0 amide bonds. The van der Waals surface area contributed by atoms with E-state index >= 15 is 0 Å². The molecular weight excluding hydrogens is 178 g/mol. The van der Waals surface area contributed by atoms with E-state index in [4.69, 9.17) is 4.74 Å². The predicted molar refractivity (Wildman–Crippen MR) is 56.4 cm³/mol. The Labute approximate surface area is 86.4 Å². The summed E-state index contributed by atoms with van der Waals surface area (Å²) in [7, 11) is 1.78. The molecule has 1 unspecified atom stereocenters. The van der Waals surface area contributed by atoms with E-state index in [1.807, 2.05) is 0 Å². The Morgan fingerprint density at radius 3 is 2.86 bits per heavy atom. The largest absolute Gasteiger partial charge is 0.380 e. The van der Waals surface area contributed by atoms with Crippen LogP contribution in [0.3, 0.4) is 0 Å². The minimum absolute atomic E-state index is 0.307. The minimum Gasteiger partial charge on any atom is -0.380 e. The van der Waals surface area contributed by atoms with Crippen LogP contribution in [0.25, 0.3) is 0 Å². The van der Waals surface area contributed by atoms with Crippen molar-refractivity contribution in [1.29, 1.82) is 0 Å². The number of Topliss-reactive ketones (excluding diaryl/α,β-unsaturated/α-hetero) is 1. The van der Waals surface area contributed by atoms with Crippen molar-refractivity contribution in [2.45, 2.75) is 38.7 Å². The van der Waals surface area contributed by atoms with E-state index in [1.54, 1.807) is 14.0 Å². The van der Waals surface area contributed by atoms with Crippen LogP contribution in [-0.2, 0) is 9.53 Å². The van der Waals surface area contributed by atoms with E-state index in [0.29, 0.717) is 11.9 Å². The number of likely N-dealkylation sites (tertiary alicyclic amines) is 1. The van der Waals surface area contributed by atoms with Gasteiger partial charge in [-0.2, -0.15) is 0 Å². The van der Waals surface area contributed by atoms with Gasteiger partial charge in [0.1, 0.15) is 5.78 Å². The topological polar surface area (TPSA) is 29.5 Å². The summed E-state index contributed by atoms with van der Waals surface area (Å²) in [5.74, 6) is 0.307. The Morgan fingerprint density at radius 2 is 2.29 bits per heavy atom. The molecule has 0 saturated carbocycles. The normalized spacial score (nSPS) is 22.9. The fourth-order valence-corrected chi connectivity index (χ4v) is 1.90. The monoisotopic (exact) mass is 199 g/mol. The second-order valence-corrected chi connectivity index (χ2v) is 4.11. The van der Waals surface area contributed by atoms with E-state index in [1.165, 1.54) is 0 Å². The van der Waals surface area contributed by atoms with Crippen molar-refractivity contribution in [3.05, 3.63) is 0 Å². The molecule has 3 nitrogen and oxygen atoms in total. The maximum Gasteiger partial charge on any atom is 0.129 e. The zero-order valence-electron chi connectivity index (χ0n) is 9.29. The summed E-state index contributed by atoms with van der Waals surface area (Å²) in [6, 6.07) is 0. The van der Waals surface area contributed by atoms with Crippen LogP contribution in [0.2, 0.25) is 0 Å². The molecule has 0 aromatic rings. The molecule has 1 aliphatic heterocycles. The maximum atomic E-state index is 10.7. The van der Waals surface area contributed by atoms with Crippen molar-refractivity contribution >= 4 is 5.78 Å². The van der Waals surface area contributed by atoms with E-state index < -0.39 is 0 Å². The van der Waals surface area contributed by atoms with E-state index in [9.17, 15) is 4.79 Å². The van der Waals surface area contributed by atoms with Gasteiger partial charge in [-0.3, -0.25) is 0 Å². The van der Waals surface area contributed by atoms with Crippen LogP contribution >= 0.6 is 0 Å². The van der Waals surface area contributed by atoms with Crippen LogP contribution in [0.15, 0.2) is 0 Å². The van der Waals surface area contributed by atoms with E-state index in [-0.39, 0.29) is 0 Å². The van der Waals surface area contributed by atoms with Gasteiger partial charge in [0, 0.05) is 26.6 Å². The van der Waals surface area contributed by atoms with Gasteiger partial charge in [0.25, 0.3) is 0 Å². The molecule has 0 aromatic carbocycles. The van der Waals surface area contributed by atoms with Crippen LogP contribution in [0, 0.1) is 0 Å². The maximum absolute atomic E-state index is 10.7. The summed E-state index contributed by atoms with van der Waals surface area (Å²) in [6.45, 7) is 5.00. The Kier molecular flexibility index (Phi) is 5.12. The lowest BCUT2D eigenvalue weighted by Crippen LogP contribution is -2.24. The molecule has 82 valence electrons. The molecule has 0 bridgehead atoms. The lowest BCUT2D eigenvalue weighted by molar-refractivity contribution is -0.117. The molecule has 3 heteroatoms. The SMILES string of the molecule is COC1CCN(CCCCC(C)=O)C1. The Bertz CT molecular complexity index is 182. The van der Waals surface area contributed by atoms with Gasteiger partial charge in [0.15, 0.2) is 0 Å². The highest BCUT2D eigenvalue weighted by molar-refractivity contribution is 5.75. The molecule has 1 rings (SSSR count). The molecule has 0 radical (unpaired) electrons. The molecule has 1 atom stereocenters. The van der Waals surface area contributed by atoms with Gasteiger partial charge < -0.3 is 14.4 Å². The first-order valence-corrected chi connectivity index (χ1v) is 5.47. The average Bonchev–Trinajstić information content (AvgIpc) is 2.60. The van der Waals surface area contributed by atoms with Gasteiger partial charge in [0.2, 0.25) is 0 Å². The Hall–Kier alpha value is -0.410. The third-order valence-electron chi connectivity index (χ3n) is 2.82. The lowest BCUT2D eigenvalue weighted by Gasteiger charge is -2.14. The molecular formula is C11H21NO2. The van der Waals surface area contributed by atoms with Crippen molar-refractivity contribution < 1.29 is 9.53 Å². The lowest BCUT2D eigenvalue weighted by atomic mass is 10.2. The highest BCUT2D eigenvalue weighted by Gasteiger charge is 2.20. The van der Waals surface area contributed by atoms with Crippen LogP contribution in [0.5, 0.6) is 0 Å². The average molecular weight is 199 g/mol. The summed E-state index contributed by atoms with van der Waals surface area (Å²) in [5, 5.41) is 0. The smallest absolute Gasteiger partial charge is 0.129 e. The first-order valence-electron chi connectivity index (χ1n) is 5.47. The molecule has 0 N–H and O–H groups in total. The molecule has 1 aliphatic rings. The molecule has 1 saturated heterocycles. The third-order valence-corrected chi connectivity index (χ3v) is 2.82. The number of rotatable bonds is 6. The number of hydrogen-bond donors (Lipinski definition) is 0. The van der Waals surface area contributed by atoms with Crippen LogP contribution in [0.4, 0.5) is 0 Å². The Balaban J connectivity index is 2.00. The summed E-state index contributed by atoms with van der Waals surface area (Å²) >= 11 is 0. The third kappa shape index (κ3) is 4.20. The number of carbonyl (C=O) groups excluding carboxylic acids is 1. The summed E-state index contributed by atoms with van der Waals surface area (Å²) in [6.07, 6.45) is 4.49. The number of methoxy groups -OCH3 is 1. The first-order chi connectivity index (χ1) is 6.72. The van der Waals surface area contributed by atoms with Crippen LogP contribution in [0.1, 0.15) is 32.6 Å². The second kappa shape index (κ2) is 6.14. The van der Waals surface area contributed by atoms with Gasteiger partial charge in [-0.1, -0.05) is 0 Å². The van der Waals surface area contributed by atoms with Gasteiger partial charge in [-0.15, -0.1) is 0 Å². The minimum atomic E-state index is 0.307. The number of hydrogen-bond acceptors (Lipinski definition) is 3. The summed E-state index contributed by atoms with van der Waals surface area (Å²) in [5.41, 5.74) is 0. The highest BCUT2D eigenvalue weighted by Crippen LogP contribution is 2.12. The molecule has 0 aromatic heterocycles. The Morgan fingerprint density at radius 1 is 1.50 bits per heavy atom. The zero-order valence-corrected chi connectivity index (χ0v) is 9.29. The van der Waals surface area contributed by atoms with Gasteiger partial charge in [-0.05, 0) is 32.7 Å². The zero-order chi connectivity index (χ0) is 10.4.